The van der Waals surface area contributed by atoms with Crippen molar-refractivity contribution in [3.8, 4) is 5.75 Å². The van der Waals surface area contributed by atoms with Gasteiger partial charge in [0, 0.05) is 11.1 Å². The summed E-state index contributed by atoms with van der Waals surface area (Å²) in [7, 11) is -2.85. The molecule has 4 heteroatoms. The van der Waals surface area contributed by atoms with Gasteiger partial charge in [-0.3, -0.25) is 0 Å². The molecule has 0 saturated carbocycles. The van der Waals surface area contributed by atoms with E-state index >= 15 is 0 Å². The second-order valence-corrected chi connectivity index (χ2v) is 18.2. The van der Waals surface area contributed by atoms with Gasteiger partial charge in [0.2, 0.25) is 8.32 Å². The van der Waals surface area contributed by atoms with Crippen molar-refractivity contribution in [3.05, 3.63) is 28.5 Å². The van der Waals surface area contributed by atoms with Crippen LogP contribution in [0.5, 0.6) is 5.75 Å². The minimum Gasteiger partial charge on any atom is -0.543 e. The molecule has 1 aliphatic carbocycles. The van der Waals surface area contributed by atoms with Crippen LogP contribution in [0.25, 0.3) is 5.20 Å². The van der Waals surface area contributed by atoms with Crippen LogP contribution in [0.1, 0.15) is 38.8 Å². The highest BCUT2D eigenvalue weighted by Gasteiger charge is 2.55. The second kappa shape index (κ2) is 4.99. The molecule has 1 unspecified atom stereocenters. The van der Waals surface area contributed by atoms with Crippen LogP contribution < -0.4 is 9.74 Å². The molecule has 2 nitrogen and oxygen atoms in total. The Labute approximate surface area is 143 Å². The van der Waals surface area contributed by atoms with Crippen LogP contribution in [-0.4, -0.2) is 21.9 Å². The van der Waals surface area contributed by atoms with Crippen molar-refractivity contribution in [2.45, 2.75) is 71.9 Å². The first kappa shape index (κ1) is 16.8. The Kier molecular flexibility index (Phi) is 3.66. The van der Waals surface area contributed by atoms with Crippen LogP contribution in [0.3, 0.4) is 0 Å². The van der Waals surface area contributed by atoms with Crippen molar-refractivity contribution in [3.63, 3.8) is 0 Å². The molecular formula is C19H31NOSi2. The standard InChI is InChI=1S/C19H31NOSi2/c1-9-23(8)15-12-13-10-11-14(21-22(5,6)7)17(16(13)18(15)23)20-19(2,3)4/h10-11,20H,9,12H2,1-8H3. The number of anilines is 1. The van der Waals surface area contributed by atoms with E-state index in [-0.39, 0.29) is 5.54 Å². The van der Waals surface area contributed by atoms with Crippen LogP contribution in [0.4, 0.5) is 5.69 Å². The molecule has 0 amide bonds. The van der Waals surface area contributed by atoms with Gasteiger partial charge in [-0.05, 0) is 63.7 Å². The van der Waals surface area contributed by atoms with E-state index in [0.717, 1.165) is 5.75 Å². The van der Waals surface area contributed by atoms with Crippen molar-refractivity contribution in [1.29, 1.82) is 0 Å². The average Bonchev–Trinajstić information content (AvgIpc) is 2.78. The quantitative estimate of drug-likeness (QED) is 0.716. The molecule has 0 saturated heterocycles. The highest BCUT2D eigenvalue weighted by molar-refractivity contribution is 7.14. The molecule has 0 fully saturated rings. The summed E-state index contributed by atoms with van der Waals surface area (Å²) in [5, 5.41) is 7.29. The van der Waals surface area contributed by atoms with Gasteiger partial charge in [-0.15, -0.1) is 0 Å². The second-order valence-electron chi connectivity index (χ2n) is 9.28. The fourth-order valence-electron chi connectivity index (χ4n) is 3.75. The number of fused-ring (bicyclic) bond motifs is 2. The van der Waals surface area contributed by atoms with Crippen molar-refractivity contribution in [2.24, 2.45) is 0 Å². The number of rotatable bonds is 4. The predicted molar refractivity (Wildman–Crippen MR) is 107 cm³/mol. The van der Waals surface area contributed by atoms with E-state index in [1.165, 1.54) is 29.3 Å². The van der Waals surface area contributed by atoms with Gasteiger partial charge in [-0.25, -0.2) is 0 Å². The molecule has 1 heterocycles. The summed E-state index contributed by atoms with van der Waals surface area (Å²) < 4.78 is 6.44. The monoisotopic (exact) mass is 345 g/mol. The van der Waals surface area contributed by atoms with Crippen molar-refractivity contribution >= 4 is 27.3 Å². The molecule has 2 aliphatic rings. The van der Waals surface area contributed by atoms with Crippen molar-refractivity contribution in [1.82, 2.24) is 0 Å². The van der Waals surface area contributed by atoms with Crippen LogP contribution >= 0.6 is 0 Å². The number of hydrogen-bond acceptors (Lipinski definition) is 2. The third kappa shape index (κ3) is 2.91. The highest BCUT2D eigenvalue weighted by Crippen LogP contribution is 2.61. The molecule has 0 radical (unpaired) electrons. The van der Waals surface area contributed by atoms with Gasteiger partial charge in [0.1, 0.15) is 13.8 Å². The van der Waals surface area contributed by atoms with Crippen LogP contribution in [0, 0.1) is 0 Å². The van der Waals surface area contributed by atoms with Crippen LogP contribution in [-0.2, 0) is 6.42 Å². The summed E-state index contributed by atoms with van der Waals surface area (Å²) in [6.07, 6.45) is 1.19. The zero-order chi connectivity index (χ0) is 17.2. The number of nitrogens with one attached hydrogen (secondary N) is 1. The van der Waals surface area contributed by atoms with E-state index in [9.17, 15) is 0 Å². The lowest BCUT2D eigenvalue weighted by molar-refractivity contribution is 0.552. The minimum absolute atomic E-state index is 0.0368. The van der Waals surface area contributed by atoms with E-state index in [4.69, 9.17) is 4.43 Å². The Morgan fingerprint density at radius 1 is 1.22 bits per heavy atom. The van der Waals surface area contributed by atoms with Crippen LogP contribution in [0.2, 0.25) is 32.2 Å². The van der Waals surface area contributed by atoms with Gasteiger partial charge in [-0.2, -0.15) is 0 Å². The highest BCUT2D eigenvalue weighted by atomic mass is 28.4. The third-order valence-corrected chi connectivity index (χ3v) is 10.4. The maximum atomic E-state index is 6.44. The summed E-state index contributed by atoms with van der Waals surface area (Å²) in [4.78, 5) is 0. The van der Waals surface area contributed by atoms with Gasteiger partial charge in [-0.1, -0.05) is 30.8 Å². The molecule has 1 aliphatic heterocycles. The summed E-state index contributed by atoms with van der Waals surface area (Å²) in [5.41, 5.74) is 4.30. The molecule has 1 aromatic carbocycles. The topological polar surface area (TPSA) is 21.3 Å². The summed E-state index contributed by atoms with van der Waals surface area (Å²) >= 11 is 0. The van der Waals surface area contributed by atoms with Gasteiger partial charge in [0.25, 0.3) is 0 Å². The molecule has 0 spiro atoms. The van der Waals surface area contributed by atoms with Crippen LogP contribution in [0.15, 0.2) is 17.3 Å². The molecular weight excluding hydrogens is 314 g/mol. The van der Waals surface area contributed by atoms with Gasteiger partial charge in [0.15, 0.2) is 0 Å². The van der Waals surface area contributed by atoms with Gasteiger partial charge < -0.3 is 9.74 Å². The first-order valence-corrected chi connectivity index (χ1v) is 15.0. The van der Waals surface area contributed by atoms with E-state index < -0.39 is 16.4 Å². The molecule has 0 aromatic heterocycles. The normalized spacial score (nSPS) is 22.8. The SMILES string of the molecule is CC[Si]1(C)C2=C1c1c(ccc(O[Si](C)(C)C)c1NC(C)(C)C)C2. The molecule has 0 bridgehead atoms. The Bertz CT molecular complexity index is 695. The van der Waals surface area contributed by atoms with E-state index in [1.54, 1.807) is 10.4 Å². The Morgan fingerprint density at radius 2 is 1.87 bits per heavy atom. The van der Waals surface area contributed by atoms with Gasteiger partial charge in [0.05, 0.1) is 5.69 Å². The largest absolute Gasteiger partial charge is 0.543 e. The first-order valence-electron chi connectivity index (χ1n) is 8.84. The molecule has 1 aromatic rings. The zero-order valence-electron chi connectivity index (χ0n) is 16.0. The van der Waals surface area contributed by atoms with Crippen molar-refractivity contribution < 1.29 is 4.43 Å². The molecule has 3 rings (SSSR count). The number of hydrogen-bond donors (Lipinski definition) is 1. The summed E-state index contributed by atoms with van der Waals surface area (Å²) in [5.74, 6) is 1.06. The summed E-state index contributed by atoms with van der Waals surface area (Å²) in [6, 6.07) is 5.84. The third-order valence-electron chi connectivity index (χ3n) is 4.95. The smallest absolute Gasteiger partial charge is 0.242 e. The lowest BCUT2D eigenvalue weighted by Gasteiger charge is -2.30. The fraction of sp³-hybridized carbons (Fsp3) is 0.579. The molecule has 1 N–H and O–H groups in total. The lowest BCUT2D eigenvalue weighted by atomic mass is 10.0. The Hall–Kier alpha value is -1.01. The number of benzene rings is 1. The zero-order valence-corrected chi connectivity index (χ0v) is 18.0. The predicted octanol–water partition coefficient (Wildman–Crippen LogP) is 5.61. The maximum absolute atomic E-state index is 6.44. The molecule has 1 atom stereocenters. The molecule has 126 valence electrons. The van der Waals surface area contributed by atoms with E-state index in [2.05, 4.69) is 71.3 Å². The lowest BCUT2D eigenvalue weighted by Crippen LogP contribution is -2.32. The molecule has 23 heavy (non-hydrogen) atoms. The van der Waals surface area contributed by atoms with E-state index in [1.807, 2.05) is 0 Å². The Balaban J connectivity index is 2.10. The fourth-order valence-corrected chi connectivity index (χ4v) is 8.60. The minimum atomic E-state index is -1.63. The van der Waals surface area contributed by atoms with E-state index in [0.29, 0.717) is 0 Å². The average molecular weight is 346 g/mol. The van der Waals surface area contributed by atoms with Gasteiger partial charge >= 0.3 is 0 Å². The summed E-state index contributed by atoms with van der Waals surface area (Å²) in [6.45, 7) is 18.4. The Morgan fingerprint density at radius 3 is 2.39 bits per heavy atom. The maximum Gasteiger partial charge on any atom is 0.242 e. The number of allylic oxidation sites excluding steroid dienone is 1. The van der Waals surface area contributed by atoms with Crippen molar-refractivity contribution in [2.75, 3.05) is 5.32 Å². The first-order chi connectivity index (χ1) is 10.5.